The van der Waals surface area contributed by atoms with Crippen LogP contribution in [0.5, 0.6) is 0 Å². The van der Waals surface area contributed by atoms with Crippen molar-refractivity contribution in [3.8, 4) is 0 Å². The van der Waals surface area contributed by atoms with Gasteiger partial charge in [-0.1, -0.05) is 48.3 Å². The lowest BCUT2D eigenvalue weighted by Crippen LogP contribution is -2.52. The maximum atomic E-state index is 15.7. The third kappa shape index (κ3) is 4.68. The minimum absolute atomic E-state index is 0.0141. The van der Waals surface area contributed by atoms with Crippen molar-refractivity contribution in [2.24, 2.45) is 0 Å². The maximum Gasteiger partial charge on any atom is 0.338 e. The van der Waals surface area contributed by atoms with Gasteiger partial charge >= 0.3 is 5.97 Å². The molecule has 12 nitrogen and oxygen atoms in total. The molecule has 1 fully saturated rings. The van der Waals surface area contributed by atoms with Gasteiger partial charge in [0.2, 0.25) is 6.04 Å². The van der Waals surface area contributed by atoms with Crippen LogP contribution in [0.4, 0.5) is 15.8 Å². The predicted octanol–water partition coefficient (Wildman–Crippen LogP) is 5.38. The summed E-state index contributed by atoms with van der Waals surface area (Å²) >= 11 is 12.3. The molecule has 0 aliphatic carbocycles. The zero-order chi connectivity index (χ0) is 32.1. The molecule has 0 aromatic heterocycles. The van der Waals surface area contributed by atoms with E-state index in [1.807, 2.05) is 0 Å². The molecule has 44 heavy (non-hydrogen) atoms. The van der Waals surface area contributed by atoms with Crippen molar-refractivity contribution in [2.75, 3.05) is 19.0 Å². The van der Waals surface area contributed by atoms with E-state index in [-0.39, 0.29) is 39.0 Å². The lowest BCUT2D eigenvalue weighted by molar-refractivity contribution is -0.528. The fourth-order valence-electron chi connectivity index (χ4n) is 6.59. The van der Waals surface area contributed by atoms with Crippen LogP contribution in [-0.2, 0) is 15.1 Å². The standard InChI is InChI=1S/C29H23Cl2FN4O8/c1-3-34-22(13-23(37)16-9-7-14(27(38)44-2)11-21(16)35(40)41)26(36(42)43)24(17-5-4-6-19(31)25(17)32)29(34)18-10-8-15(30)12-20(18)33-28(29)39/h4-12,22,24,26H,3,13H2,1-2H3,(H,33,39)/t22-,24-,26+,29+/m0/s1. The number of ether oxygens (including phenoxy) is 1. The average molecular weight is 645 g/mol. The maximum absolute atomic E-state index is 15.7. The number of nitro groups is 2. The average Bonchev–Trinajstić information content (AvgIpc) is 3.43. The first-order valence-corrected chi connectivity index (χ1v) is 14.0. The van der Waals surface area contributed by atoms with Crippen molar-refractivity contribution in [3.63, 3.8) is 0 Å². The van der Waals surface area contributed by atoms with Crippen LogP contribution in [0.15, 0.2) is 54.6 Å². The van der Waals surface area contributed by atoms with Crippen molar-refractivity contribution in [3.05, 3.63) is 113 Å². The molecule has 0 saturated carbocycles. The second-order valence-electron chi connectivity index (χ2n) is 10.3. The summed E-state index contributed by atoms with van der Waals surface area (Å²) in [7, 11) is 1.09. The van der Waals surface area contributed by atoms with E-state index in [1.54, 1.807) is 6.92 Å². The third-order valence-corrected chi connectivity index (χ3v) is 8.76. The number of likely N-dealkylation sites (N-methyl/N-ethyl adjacent to an activating group) is 1. The number of hydrogen-bond acceptors (Lipinski definition) is 9. The van der Waals surface area contributed by atoms with Gasteiger partial charge in [-0.3, -0.25) is 34.7 Å². The molecule has 4 atom stereocenters. The van der Waals surface area contributed by atoms with E-state index in [1.165, 1.54) is 47.4 Å². The SMILES string of the molecule is CCN1[C@@H](CC(=O)c2ccc(C(=O)OC)cc2[N+](=O)[O-])[C@@H]([N+](=O)[O-])[C@H](c2cccc(Cl)c2F)[C@]12C(=O)Nc1cc(Cl)ccc12. The number of nitrogens with one attached hydrogen (secondary N) is 1. The van der Waals surface area contributed by atoms with Gasteiger partial charge in [0.15, 0.2) is 5.78 Å². The van der Waals surface area contributed by atoms with Crippen molar-refractivity contribution in [2.45, 2.75) is 36.9 Å². The second kappa shape index (κ2) is 11.6. The molecule has 2 heterocycles. The fourth-order valence-corrected chi connectivity index (χ4v) is 6.94. The van der Waals surface area contributed by atoms with Gasteiger partial charge in [-0.15, -0.1) is 0 Å². The monoisotopic (exact) mass is 644 g/mol. The van der Waals surface area contributed by atoms with Gasteiger partial charge in [-0.2, -0.15) is 0 Å². The van der Waals surface area contributed by atoms with E-state index in [0.717, 1.165) is 19.2 Å². The number of methoxy groups -OCH3 is 1. The Labute approximate surface area is 259 Å². The number of benzene rings is 3. The molecule has 1 amide bonds. The van der Waals surface area contributed by atoms with Crippen LogP contribution in [0.3, 0.4) is 0 Å². The minimum Gasteiger partial charge on any atom is -0.465 e. The molecule has 228 valence electrons. The number of fused-ring (bicyclic) bond motifs is 2. The number of halogens is 3. The van der Waals surface area contributed by atoms with Crippen LogP contribution < -0.4 is 5.32 Å². The summed E-state index contributed by atoms with van der Waals surface area (Å²) in [5.41, 5.74) is -2.84. The molecule has 2 aliphatic heterocycles. The van der Waals surface area contributed by atoms with Crippen molar-refractivity contribution < 1.29 is 33.4 Å². The second-order valence-corrected chi connectivity index (χ2v) is 11.1. The van der Waals surface area contributed by atoms with E-state index in [4.69, 9.17) is 23.2 Å². The fraction of sp³-hybridized carbons (Fsp3) is 0.276. The molecule has 15 heteroatoms. The van der Waals surface area contributed by atoms with Crippen LogP contribution >= 0.6 is 23.2 Å². The quantitative estimate of drug-likeness (QED) is 0.147. The molecule has 3 aromatic carbocycles. The first-order valence-electron chi connectivity index (χ1n) is 13.2. The number of carbonyl (C=O) groups excluding carboxylic acids is 3. The first-order chi connectivity index (χ1) is 20.9. The smallest absolute Gasteiger partial charge is 0.338 e. The summed E-state index contributed by atoms with van der Waals surface area (Å²) in [5.74, 6) is -4.88. The Kier molecular flexibility index (Phi) is 8.14. The summed E-state index contributed by atoms with van der Waals surface area (Å²) in [6.07, 6.45) is -0.658. The zero-order valence-electron chi connectivity index (χ0n) is 23.1. The molecular weight excluding hydrogens is 622 g/mol. The van der Waals surface area contributed by atoms with Gasteiger partial charge in [0.05, 0.1) is 40.1 Å². The summed E-state index contributed by atoms with van der Waals surface area (Å²) in [4.78, 5) is 64.6. The lowest BCUT2D eigenvalue weighted by atomic mass is 9.73. The van der Waals surface area contributed by atoms with E-state index in [0.29, 0.717) is 0 Å². The van der Waals surface area contributed by atoms with Crippen molar-refractivity contribution in [1.82, 2.24) is 4.90 Å². The van der Waals surface area contributed by atoms with Crippen molar-refractivity contribution in [1.29, 1.82) is 0 Å². The van der Waals surface area contributed by atoms with Crippen LogP contribution in [0.25, 0.3) is 0 Å². The zero-order valence-corrected chi connectivity index (χ0v) is 24.6. The first kappa shape index (κ1) is 31.0. The molecule has 2 aliphatic rings. The molecule has 0 unspecified atom stereocenters. The third-order valence-electron chi connectivity index (χ3n) is 8.24. The Morgan fingerprint density at radius 1 is 1.11 bits per heavy atom. The van der Waals surface area contributed by atoms with Gasteiger partial charge in [0.1, 0.15) is 11.4 Å². The number of carbonyl (C=O) groups is 3. The number of nitro benzene ring substituents is 1. The Morgan fingerprint density at radius 2 is 1.84 bits per heavy atom. The molecule has 5 rings (SSSR count). The largest absolute Gasteiger partial charge is 0.465 e. The minimum atomic E-state index is -1.89. The molecule has 1 spiro atoms. The normalized spacial score (nSPS) is 22.5. The number of likely N-dealkylation sites (tertiary alicyclic amines) is 1. The number of nitrogens with zero attached hydrogens (tertiary/aromatic N) is 3. The Balaban J connectivity index is 1.72. The summed E-state index contributed by atoms with van der Waals surface area (Å²) in [6.45, 7) is 1.61. The number of amides is 1. The molecular formula is C29H23Cl2FN4O8. The lowest BCUT2D eigenvalue weighted by Gasteiger charge is -2.38. The van der Waals surface area contributed by atoms with Crippen LogP contribution in [0, 0.1) is 26.0 Å². The van der Waals surface area contributed by atoms with Crippen molar-refractivity contribution >= 4 is 52.2 Å². The highest BCUT2D eigenvalue weighted by Crippen LogP contribution is 2.58. The van der Waals surface area contributed by atoms with Gasteiger partial charge in [0, 0.05) is 39.2 Å². The van der Waals surface area contributed by atoms with Gasteiger partial charge in [-0.25, -0.2) is 9.18 Å². The van der Waals surface area contributed by atoms with E-state index < -0.39 is 74.5 Å². The molecule has 1 N–H and O–H groups in total. The number of rotatable bonds is 8. The van der Waals surface area contributed by atoms with Gasteiger partial charge in [-0.05, 0) is 36.9 Å². The van der Waals surface area contributed by atoms with Gasteiger partial charge < -0.3 is 10.1 Å². The highest BCUT2D eigenvalue weighted by Gasteiger charge is 2.71. The Hall–Kier alpha value is -4.46. The van der Waals surface area contributed by atoms with Crippen LogP contribution in [0.2, 0.25) is 10.0 Å². The molecule has 0 bridgehead atoms. The molecule has 1 saturated heterocycles. The highest BCUT2D eigenvalue weighted by atomic mass is 35.5. The van der Waals surface area contributed by atoms with E-state index >= 15 is 4.39 Å². The number of esters is 1. The summed E-state index contributed by atoms with van der Waals surface area (Å²) in [6, 6.07) is 8.47. The van der Waals surface area contributed by atoms with Crippen LogP contribution in [-0.4, -0.2) is 58.1 Å². The number of anilines is 1. The Morgan fingerprint density at radius 3 is 2.48 bits per heavy atom. The highest BCUT2D eigenvalue weighted by molar-refractivity contribution is 6.31. The molecule has 0 radical (unpaired) electrons. The van der Waals surface area contributed by atoms with Gasteiger partial charge in [0.25, 0.3) is 11.6 Å². The predicted molar refractivity (Wildman–Crippen MR) is 156 cm³/mol. The topological polar surface area (TPSA) is 162 Å². The summed E-state index contributed by atoms with van der Waals surface area (Å²) < 4.78 is 20.4. The van der Waals surface area contributed by atoms with Crippen LogP contribution in [0.1, 0.15) is 51.1 Å². The van der Waals surface area contributed by atoms with E-state index in [9.17, 15) is 34.6 Å². The summed E-state index contributed by atoms with van der Waals surface area (Å²) in [5, 5.41) is 27.5. The van der Waals surface area contributed by atoms with E-state index in [2.05, 4.69) is 10.1 Å². The number of hydrogen-bond donors (Lipinski definition) is 1. The number of Topliss-reactive ketones (excluding diaryl/α,β-unsaturated/α-hetero) is 1. The number of ketones is 1. The molecule has 3 aromatic rings. The Bertz CT molecular complexity index is 1750.